The fourth-order valence-electron chi connectivity index (χ4n) is 4.86. The molecule has 1 aromatic carbocycles. The molecule has 1 N–H and O–H groups in total. The van der Waals surface area contributed by atoms with E-state index in [4.69, 9.17) is 0 Å². The van der Waals surface area contributed by atoms with Crippen molar-refractivity contribution in [2.75, 3.05) is 0 Å². The van der Waals surface area contributed by atoms with Gasteiger partial charge in [0.1, 0.15) is 5.82 Å². The summed E-state index contributed by atoms with van der Waals surface area (Å²) in [7, 11) is 0. The summed E-state index contributed by atoms with van der Waals surface area (Å²) in [5.74, 6) is 1.52. The Kier molecular flexibility index (Phi) is 5.05. The molecule has 1 saturated carbocycles. The Morgan fingerprint density at radius 1 is 0.853 bits per heavy atom. The van der Waals surface area contributed by atoms with Crippen LogP contribution < -0.4 is 11.1 Å². The second kappa shape index (κ2) is 8.37. The second-order valence-corrected chi connectivity index (χ2v) is 8.93. The van der Waals surface area contributed by atoms with Gasteiger partial charge in [0.25, 0.3) is 17.1 Å². The summed E-state index contributed by atoms with van der Waals surface area (Å²) in [6.45, 7) is 0.452. The summed E-state index contributed by atoms with van der Waals surface area (Å²) in [6.07, 6.45) is 9.22. The zero-order valence-corrected chi connectivity index (χ0v) is 18.6. The number of pyridine rings is 3. The lowest BCUT2D eigenvalue weighted by atomic mass is 9.89. The van der Waals surface area contributed by atoms with Crippen molar-refractivity contribution in [2.45, 2.75) is 44.6 Å². The lowest BCUT2D eigenvalue weighted by Gasteiger charge is -2.18. The van der Waals surface area contributed by atoms with Gasteiger partial charge < -0.3 is 4.57 Å². The van der Waals surface area contributed by atoms with E-state index >= 15 is 0 Å². The Morgan fingerprint density at radius 3 is 2.38 bits per heavy atom. The number of H-pyrrole nitrogens is 1. The highest BCUT2D eigenvalue weighted by Gasteiger charge is 2.20. The summed E-state index contributed by atoms with van der Waals surface area (Å²) < 4.78 is 3.06. The van der Waals surface area contributed by atoms with E-state index in [1.807, 2.05) is 36.4 Å². The van der Waals surface area contributed by atoms with Gasteiger partial charge in [-0.1, -0.05) is 49.6 Å². The highest BCUT2D eigenvalue weighted by Crippen LogP contribution is 2.30. The maximum atomic E-state index is 13.4. The first kappa shape index (κ1) is 20.5. The monoisotopic (exact) mass is 452 g/mol. The minimum atomic E-state index is -0.293. The number of nitrogens with zero attached hydrogens (tertiary/aromatic N) is 5. The van der Waals surface area contributed by atoms with Crippen molar-refractivity contribution in [2.24, 2.45) is 0 Å². The van der Waals surface area contributed by atoms with Crippen LogP contribution in [0.25, 0.3) is 27.8 Å². The van der Waals surface area contributed by atoms with Crippen molar-refractivity contribution in [3.8, 4) is 5.95 Å². The van der Waals surface area contributed by atoms with Crippen molar-refractivity contribution in [3.05, 3.63) is 93.0 Å². The quantitative estimate of drug-likeness (QED) is 0.417. The smallest absolute Gasteiger partial charge is 0.267 e. The summed E-state index contributed by atoms with van der Waals surface area (Å²) in [4.78, 5) is 35.8. The average molecular weight is 453 g/mol. The van der Waals surface area contributed by atoms with Crippen LogP contribution in [0.1, 0.15) is 49.4 Å². The fourth-order valence-corrected chi connectivity index (χ4v) is 4.86. The summed E-state index contributed by atoms with van der Waals surface area (Å²) in [5.41, 5.74) is 1.66. The van der Waals surface area contributed by atoms with Gasteiger partial charge in [-0.15, -0.1) is 5.10 Å². The first-order valence-corrected chi connectivity index (χ1v) is 11.7. The van der Waals surface area contributed by atoms with Crippen molar-refractivity contribution < 1.29 is 0 Å². The van der Waals surface area contributed by atoms with Crippen LogP contribution >= 0.6 is 0 Å². The third-order valence-corrected chi connectivity index (χ3v) is 6.71. The second-order valence-electron chi connectivity index (χ2n) is 8.93. The standard InChI is InChI=1S/C26H24N6O2/c33-24-19-15-20-22(27-21(19)11-13-31(24)16-17-7-3-1-4-8-17)12-14-32(25(20)34)26-28-23(29-30-26)18-9-5-2-6-10-18/h1,3-4,7-8,11-15,18H,2,5-6,9-10,16H2,(H,28,29,30). The molecule has 0 radical (unpaired) electrons. The molecular formula is C26H24N6O2. The van der Waals surface area contributed by atoms with Crippen molar-refractivity contribution >= 4 is 21.8 Å². The van der Waals surface area contributed by atoms with Crippen LogP contribution in [-0.4, -0.2) is 29.3 Å². The third-order valence-electron chi connectivity index (χ3n) is 6.71. The maximum absolute atomic E-state index is 13.4. The van der Waals surface area contributed by atoms with Gasteiger partial charge in [0, 0.05) is 18.3 Å². The van der Waals surface area contributed by atoms with Gasteiger partial charge in [-0.2, -0.15) is 4.98 Å². The zero-order valence-electron chi connectivity index (χ0n) is 18.6. The van der Waals surface area contributed by atoms with Crippen molar-refractivity contribution in [3.63, 3.8) is 0 Å². The third kappa shape index (κ3) is 3.61. The fraction of sp³-hybridized carbons (Fsp3) is 0.269. The molecular weight excluding hydrogens is 428 g/mol. The topological polar surface area (TPSA) is 98.5 Å². The van der Waals surface area contributed by atoms with E-state index < -0.39 is 0 Å². The Labute approximate surface area is 194 Å². The molecule has 34 heavy (non-hydrogen) atoms. The Balaban J connectivity index is 1.42. The summed E-state index contributed by atoms with van der Waals surface area (Å²) in [6, 6.07) is 15.0. The average Bonchev–Trinajstić information content (AvgIpc) is 3.37. The highest BCUT2D eigenvalue weighted by molar-refractivity contribution is 5.91. The number of hydrogen-bond donors (Lipinski definition) is 1. The molecule has 170 valence electrons. The minimum Gasteiger partial charge on any atom is -0.310 e. The minimum absolute atomic E-state index is 0.178. The molecule has 6 rings (SSSR count). The number of hydrogen-bond acceptors (Lipinski definition) is 5. The van der Waals surface area contributed by atoms with E-state index in [0.717, 1.165) is 24.2 Å². The molecule has 8 heteroatoms. The highest BCUT2D eigenvalue weighted by atomic mass is 16.1. The molecule has 8 nitrogen and oxygen atoms in total. The van der Waals surface area contributed by atoms with E-state index in [9.17, 15) is 9.59 Å². The van der Waals surface area contributed by atoms with Crippen LogP contribution in [0.4, 0.5) is 0 Å². The summed E-state index contributed by atoms with van der Waals surface area (Å²) >= 11 is 0. The molecule has 4 aromatic heterocycles. The number of nitrogens with one attached hydrogen (secondary N) is 1. The SMILES string of the molecule is O=c1c2cc3c(=O)n(-c4n[nH]c(C5CCCCC5)n4)ccc3nc2ccn1Cc1ccccc1. The van der Waals surface area contributed by atoms with Crippen LogP contribution in [0.15, 0.2) is 70.5 Å². The van der Waals surface area contributed by atoms with Crippen LogP contribution in [0.3, 0.4) is 0 Å². The Morgan fingerprint density at radius 2 is 1.59 bits per heavy atom. The van der Waals surface area contributed by atoms with Crippen LogP contribution in [-0.2, 0) is 6.54 Å². The van der Waals surface area contributed by atoms with E-state index in [1.165, 1.54) is 23.8 Å². The summed E-state index contributed by atoms with van der Waals surface area (Å²) in [5, 5.41) is 8.12. The van der Waals surface area contributed by atoms with Gasteiger partial charge in [0.2, 0.25) is 0 Å². The molecule has 0 unspecified atom stereocenters. The number of fused-ring (bicyclic) bond motifs is 2. The van der Waals surface area contributed by atoms with Gasteiger partial charge in [-0.25, -0.2) is 9.55 Å². The van der Waals surface area contributed by atoms with Gasteiger partial charge in [-0.3, -0.25) is 14.7 Å². The first-order chi connectivity index (χ1) is 16.7. The molecule has 0 saturated heterocycles. The molecule has 0 atom stereocenters. The van der Waals surface area contributed by atoms with Gasteiger partial charge in [0.05, 0.1) is 28.4 Å². The van der Waals surface area contributed by atoms with E-state index in [0.29, 0.717) is 40.2 Å². The normalized spacial score (nSPS) is 14.7. The lowest BCUT2D eigenvalue weighted by Crippen LogP contribution is -2.22. The van der Waals surface area contributed by atoms with Gasteiger partial charge in [-0.05, 0) is 36.6 Å². The number of aromatic nitrogens is 6. The molecule has 0 spiro atoms. The van der Waals surface area contributed by atoms with Crippen molar-refractivity contribution in [1.29, 1.82) is 0 Å². The molecule has 1 fully saturated rings. The van der Waals surface area contributed by atoms with Gasteiger partial charge >= 0.3 is 0 Å². The zero-order chi connectivity index (χ0) is 23.1. The number of aromatic amines is 1. The molecule has 5 aromatic rings. The Hall–Kier alpha value is -4.07. The van der Waals surface area contributed by atoms with E-state index in [1.54, 1.807) is 29.1 Å². The predicted molar refractivity (Wildman–Crippen MR) is 130 cm³/mol. The van der Waals surface area contributed by atoms with Gasteiger partial charge in [0.15, 0.2) is 0 Å². The molecule has 0 amide bonds. The van der Waals surface area contributed by atoms with Crippen LogP contribution in [0.5, 0.6) is 0 Å². The molecule has 0 bridgehead atoms. The van der Waals surface area contributed by atoms with E-state index in [2.05, 4.69) is 20.2 Å². The van der Waals surface area contributed by atoms with Crippen LogP contribution in [0, 0.1) is 0 Å². The van der Waals surface area contributed by atoms with Crippen molar-refractivity contribution in [1.82, 2.24) is 29.3 Å². The maximum Gasteiger partial charge on any atom is 0.267 e. The largest absolute Gasteiger partial charge is 0.310 e. The molecule has 0 aliphatic heterocycles. The predicted octanol–water partition coefficient (Wildman–Crippen LogP) is 3.91. The Bertz CT molecular complexity index is 1610. The van der Waals surface area contributed by atoms with E-state index in [-0.39, 0.29) is 11.1 Å². The lowest BCUT2D eigenvalue weighted by molar-refractivity contribution is 0.429. The number of rotatable bonds is 4. The molecule has 4 heterocycles. The van der Waals surface area contributed by atoms with Crippen LogP contribution in [0.2, 0.25) is 0 Å². The molecule has 1 aliphatic rings. The first-order valence-electron chi connectivity index (χ1n) is 11.7. The number of benzene rings is 1. The molecule has 1 aliphatic carbocycles.